The second-order valence-electron chi connectivity index (χ2n) is 2.30. The molecule has 0 aliphatic rings. The summed E-state index contributed by atoms with van der Waals surface area (Å²) in [7, 11) is 0. The van der Waals surface area contributed by atoms with Crippen LogP contribution in [0.15, 0.2) is 12.1 Å². The van der Waals surface area contributed by atoms with Crippen molar-refractivity contribution in [1.29, 1.82) is 5.26 Å². The molecule has 0 amide bonds. The zero-order valence-corrected chi connectivity index (χ0v) is 6.15. The van der Waals surface area contributed by atoms with Gasteiger partial charge in [-0.3, -0.25) is 0 Å². The molecule has 0 radical (unpaired) electrons. The molecule has 0 saturated carbocycles. The first kappa shape index (κ1) is 8.21. The minimum Gasteiger partial charge on any atom is -0.507 e. The topological polar surface area (TPSA) is 84.5 Å². The number of aromatic hydroxyl groups is 3. The molecule has 4 heteroatoms. The molecule has 62 valence electrons. The van der Waals surface area contributed by atoms with E-state index in [1.807, 2.05) is 6.07 Å². The molecule has 12 heavy (non-hydrogen) atoms. The molecular formula is C8H7NO3. The standard InChI is InChI=1S/C8H7NO3/c9-2-1-5-3-7(11)8(12)4-6(5)10/h3-4,10-12H,1H2. The molecule has 0 fully saturated rings. The lowest BCUT2D eigenvalue weighted by Gasteiger charge is -2.02. The van der Waals surface area contributed by atoms with Gasteiger partial charge in [0.05, 0.1) is 12.5 Å². The van der Waals surface area contributed by atoms with E-state index in [1.54, 1.807) is 0 Å². The molecule has 0 heterocycles. The molecular weight excluding hydrogens is 158 g/mol. The van der Waals surface area contributed by atoms with Gasteiger partial charge in [0.2, 0.25) is 0 Å². The van der Waals surface area contributed by atoms with Crippen molar-refractivity contribution in [3.63, 3.8) is 0 Å². The van der Waals surface area contributed by atoms with Crippen molar-refractivity contribution in [2.75, 3.05) is 0 Å². The lowest BCUT2D eigenvalue weighted by Crippen LogP contribution is -1.82. The molecule has 0 bridgehead atoms. The third-order valence-electron chi connectivity index (χ3n) is 1.45. The predicted molar refractivity (Wildman–Crippen MR) is 40.8 cm³/mol. The highest BCUT2D eigenvalue weighted by molar-refractivity contribution is 5.49. The molecule has 0 aromatic heterocycles. The Morgan fingerprint density at radius 1 is 1.08 bits per heavy atom. The van der Waals surface area contributed by atoms with Gasteiger partial charge in [-0.2, -0.15) is 5.26 Å². The van der Waals surface area contributed by atoms with Crippen LogP contribution in [0.1, 0.15) is 5.56 Å². The summed E-state index contributed by atoms with van der Waals surface area (Å²) < 4.78 is 0. The monoisotopic (exact) mass is 165 g/mol. The van der Waals surface area contributed by atoms with Gasteiger partial charge < -0.3 is 15.3 Å². The maximum atomic E-state index is 9.12. The summed E-state index contributed by atoms with van der Waals surface area (Å²) in [6.07, 6.45) is -0.000324. The largest absolute Gasteiger partial charge is 0.507 e. The zero-order valence-electron chi connectivity index (χ0n) is 6.15. The third-order valence-corrected chi connectivity index (χ3v) is 1.45. The predicted octanol–water partition coefficient (Wildman–Crippen LogP) is 0.869. The molecule has 0 saturated heterocycles. The number of nitrogens with zero attached hydrogens (tertiary/aromatic N) is 1. The fourth-order valence-corrected chi connectivity index (χ4v) is 0.836. The molecule has 0 unspecified atom stereocenters. The van der Waals surface area contributed by atoms with E-state index in [-0.39, 0.29) is 17.9 Å². The molecule has 0 aliphatic carbocycles. The van der Waals surface area contributed by atoms with Gasteiger partial charge in [-0.1, -0.05) is 0 Å². The van der Waals surface area contributed by atoms with E-state index in [0.717, 1.165) is 12.1 Å². The van der Waals surface area contributed by atoms with E-state index in [4.69, 9.17) is 20.6 Å². The summed E-state index contributed by atoms with van der Waals surface area (Å²) in [5, 5.41) is 35.3. The van der Waals surface area contributed by atoms with E-state index in [1.165, 1.54) is 0 Å². The number of nitriles is 1. The van der Waals surface area contributed by atoms with Gasteiger partial charge in [-0.25, -0.2) is 0 Å². The first-order chi connectivity index (χ1) is 5.65. The maximum Gasteiger partial charge on any atom is 0.161 e. The van der Waals surface area contributed by atoms with Crippen LogP contribution in [0.3, 0.4) is 0 Å². The van der Waals surface area contributed by atoms with Crippen LogP contribution in [0.4, 0.5) is 0 Å². The van der Waals surface area contributed by atoms with Gasteiger partial charge in [-0.05, 0) is 6.07 Å². The van der Waals surface area contributed by atoms with Gasteiger partial charge in [0.1, 0.15) is 5.75 Å². The summed E-state index contributed by atoms with van der Waals surface area (Å²) in [5.74, 6) is -0.918. The Morgan fingerprint density at radius 2 is 1.67 bits per heavy atom. The van der Waals surface area contributed by atoms with Crippen molar-refractivity contribution in [2.45, 2.75) is 6.42 Å². The van der Waals surface area contributed by atoms with Crippen molar-refractivity contribution in [3.05, 3.63) is 17.7 Å². The first-order valence-electron chi connectivity index (χ1n) is 3.26. The first-order valence-corrected chi connectivity index (χ1v) is 3.26. The van der Waals surface area contributed by atoms with Crippen LogP contribution < -0.4 is 0 Å². The Morgan fingerprint density at radius 3 is 2.25 bits per heavy atom. The van der Waals surface area contributed by atoms with Crippen molar-refractivity contribution in [2.24, 2.45) is 0 Å². The minimum atomic E-state index is -0.394. The molecule has 1 aromatic rings. The lowest BCUT2D eigenvalue weighted by molar-refractivity contribution is 0.395. The van der Waals surface area contributed by atoms with Crippen molar-refractivity contribution in [3.8, 4) is 23.3 Å². The van der Waals surface area contributed by atoms with Crippen LogP contribution >= 0.6 is 0 Å². The molecule has 4 nitrogen and oxygen atoms in total. The van der Waals surface area contributed by atoms with Gasteiger partial charge in [0.25, 0.3) is 0 Å². The van der Waals surface area contributed by atoms with Crippen LogP contribution in [0.25, 0.3) is 0 Å². The average molecular weight is 165 g/mol. The normalized spacial score (nSPS) is 9.25. The zero-order chi connectivity index (χ0) is 9.14. The molecule has 1 rings (SSSR count). The number of hydrogen-bond acceptors (Lipinski definition) is 4. The van der Waals surface area contributed by atoms with E-state index in [9.17, 15) is 0 Å². The molecule has 0 spiro atoms. The number of benzene rings is 1. The fourth-order valence-electron chi connectivity index (χ4n) is 0.836. The summed E-state index contributed by atoms with van der Waals surface area (Å²) in [6, 6.07) is 3.98. The summed E-state index contributed by atoms with van der Waals surface area (Å²) >= 11 is 0. The van der Waals surface area contributed by atoms with Crippen LogP contribution in [-0.2, 0) is 6.42 Å². The van der Waals surface area contributed by atoms with Gasteiger partial charge in [-0.15, -0.1) is 0 Å². The number of hydrogen-bond donors (Lipinski definition) is 3. The van der Waals surface area contributed by atoms with E-state index in [2.05, 4.69) is 0 Å². The highest BCUT2D eigenvalue weighted by atomic mass is 16.3. The van der Waals surface area contributed by atoms with Crippen LogP contribution in [0, 0.1) is 11.3 Å². The quantitative estimate of drug-likeness (QED) is 0.425. The summed E-state index contributed by atoms with van der Waals surface area (Å²) in [5.41, 5.74) is 0.299. The second kappa shape index (κ2) is 3.01. The summed E-state index contributed by atoms with van der Waals surface area (Å²) in [4.78, 5) is 0. The Kier molecular flexibility index (Phi) is 2.06. The van der Waals surface area contributed by atoms with Gasteiger partial charge in [0, 0.05) is 11.6 Å². The third kappa shape index (κ3) is 1.40. The maximum absolute atomic E-state index is 9.12. The van der Waals surface area contributed by atoms with Crippen LogP contribution in [0.5, 0.6) is 17.2 Å². The van der Waals surface area contributed by atoms with Crippen molar-refractivity contribution < 1.29 is 15.3 Å². The van der Waals surface area contributed by atoms with Gasteiger partial charge >= 0.3 is 0 Å². The Balaban J connectivity index is 3.16. The minimum absolute atomic E-state index is 0.000324. The number of rotatable bonds is 1. The number of phenolic OH excluding ortho intramolecular Hbond substituents is 3. The highest BCUT2D eigenvalue weighted by Crippen LogP contribution is 2.32. The molecule has 3 N–H and O–H groups in total. The second-order valence-corrected chi connectivity index (χ2v) is 2.30. The van der Waals surface area contributed by atoms with Crippen LogP contribution in [0.2, 0.25) is 0 Å². The molecule has 0 atom stereocenters. The Labute approximate surface area is 68.9 Å². The van der Waals surface area contributed by atoms with E-state index >= 15 is 0 Å². The summed E-state index contributed by atoms with van der Waals surface area (Å²) in [6.45, 7) is 0. The van der Waals surface area contributed by atoms with Gasteiger partial charge in [0.15, 0.2) is 11.5 Å². The van der Waals surface area contributed by atoms with Crippen molar-refractivity contribution in [1.82, 2.24) is 0 Å². The Hall–Kier alpha value is -1.89. The van der Waals surface area contributed by atoms with Crippen LogP contribution in [-0.4, -0.2) is 15.3 Å². The molecule has 0 aliphatic heterocycles. The SMILES string of the molecule is N#CCc1cc(O)c(O)cc1O. The van der Waals surface area contributed by atoms with Crippen molar-refractivity contribution >= 4 is 0 Å². The fraction of sp³-hybridized carbons (Fsp3) is 0.125. The lowest BCUT2D eigenvalue weighted by atomic mass is 10.1. The Bertz CT molecular complexity index is 341. The average Bonchev–Trinajstić information content (AvgIpc) is 2.01. The van der Waals surface area contributed by atoms with E-state index < -0.39 is 5.75 Å². The highest BCUT2D eigenvalue weighted by Gasteiger charge is 2.06. The van der Waals surface area contributed by atoms with E-state index in [0.29, 0.717) is 5.56 Å². The molecule has 1 aromatic carbocycles. The number of phenols is 3. The smallest absolute Gasteiger partial charge is 0.161 e.